The van der Waals surface area contributed by atoms with Crippen molar-refractivity contribution < 1.29 is 14.3 Å². The summed E-state index contributed by atoms with van der Waals surface area (Å²) in [4.78, 5) is 21.5. The molecule has 1 atom stereocenters. The molecule has 0 aliphatic heterocycles. The largest absolute Gasteiger partial charge is 0.497 e. The van der Waals surface area contributed by atoms with Gasteiger partial charge < -0.3 is 14.8 Å². The maximum Gasteiger partial charge on any atom is 0.220 e. The van der Waals surface area contributed by atoms with Gasteiger partial charge in [0.15, 0.2) is 11.5 Å². The quantitative estimate of drug-likeness (QED) is 0.458. The maximum absolute atomic E-state index is 12.4. The molecule has 8 nitrogen and oxygen atoms in total. The molecule has 0 saturated heterocycles. The van der Waals surface area contributed by atoms with Crippen LogP contribution in [-0.2, 0) is 11.2 Å². The van der Waals surface area contributed by atoms with E-state index in [0.29, 0.717) is 24.3 Å². The molecule has 0 unspecified atom stereocenters. The number of benzene rings is 2. The van der Waals surface area contributed by atoms with Crippen molar-refractivity contribution in [2.24, 2.45) is 0 Å². The zero-order valence-corrected chi connectivity index (χ0v) is 18.3. The fourth-order valence-corrected chi connectivity index (χ4v) is 3.34. The van der Waals surface area contributed by atoms with Crippen molar-refractivity contribution in [1.82, 2.24) is 24.9 Å². The van der Waals surface area contributed by atoms with Crippen LogP contribution in [0.25, 0.3) is 16.9 Å². The highest BCUT2D eigenvalue weighted by molar-refractivity contribution is 5.76. The van der Waals surface area contributed by atoms with Crippen molar-refractivity contribution in [2.75, 3.05) is 14.2 Å². The van der Waals surface area contributed by atoms with Crippen LogP contribution < -0.4 is 14.8 Å². The van der Waals surface area contributed by atoms with Gasteiger partial charge in [-0.2, -0.15) is 0 Å². The van der Waals surface area contributed by atoms with Crippen molar-refractivity contribution in [1.29, 1.82) is 0 Å². The lowest BCUT2D eigenvalue weighted by Gasteiger charge is -2.10. The number of rotatable bonds is 8. The molecule has 0 aliphatic carbocycles. The van der Waals surface area contributed by atoms with Crippen LogP contribution in [0.5, 0.6) is 11.5 Å². The number of fused-ring (bicyclic) bond motifs is 1. The molecule has 164 valence electrons. The lowest BCUT2D eigenvalue weighted by atomic mass is 10.1. The van der Waals surface area contributed by atoms with Crippen LogP contribution >= 0.6 is 0 Å². The molecule has 0 radical (unpaired) electrons. The number of ether oxygens (including phenoxy) is 2. The zero-order valence-electron chi connectivity index (χ0n) is 18.3. The third kappa shape index (κ3) is 4.85. The number of carbonyl (C=O) groups excluding carboxylic acids is 1. The third-order valence-electron chi connectivity index (χ3n) is 5.20. The predicted octanol–water partition coefficient (Wildman–Crippen LogP) is 3.62. The molecule has 2 heterocycles. The molecule has 0 bridgehead atoms. The van der Waals surface area contributed by atoms with Gasteiger partial charge in [0.2, 0.25) is 5.91 Å². The van der Waals surface area contributed by atoms with E-state index in [1.54, 1.807) is 25.1 Å². The van der Waals surface area contributed by atoms with E-state index in [1.807, 2.05) is 61.5 Å². The number of amides is 1. The van der Waals surface area contributed by atoms with Gasteiger partial charge in [0, 0.05) is 18.1 Å². The van der Waals surface area contributed by atoms with Gasteiger partial charge in [-0.05, 0) is 55.3 Å². The summed E-state index contributed by atoms with van der Waals surface area (Å²) >= 11 is 0. The number of nitrogens with one attached hydrogen (secondary N) is 1. The van der Waals surface area contributed by atoms with Gasteiger partial charge in [0.25, 0.3) is 0 Å². The standard InChI is InChI=1S/C24H25N5O3/c1-16(26-23(30)13-6-17-4-9-19(31-2)10-5-17)24-27-22-14-21(25-15-29(22)28-24)18-7-11-20(32-3)12-8-18/h4-5,7-12,14-16H,6,13H2,1-3H3,(H,26,30)/t16-/m0/s1. The second-order valence-electron chi connectivity index (χ2n) is 7.41. The molecule has 0 saturated carbocycles. The van der Waals surface area contributed by atoms with Gasteiger partial charge in [0.1, 0.15) is 17.8 Å². The van der Waals surface area contributed by atoms with Gasteiger partial charge in [-0.1, -0.05) is 12.1 Å². The molecule has 2 aromatic carbocycles. The highest BCUT2D eigenvalue weighted by atomic mass is 16.5. The fourth-order valence-electron chi connectivity index (χ4n) is 3.34. The Morgan fingerprint density at radius 2 is 1.69 bits per heavy atom. The lowest BCUT2D eigenvalue weighted by molar-refractivity contribution is -0.121. The molecule has 4 aromatic rings. The Labute approximate surface area is 186 Å². The molecule has 4 rings (SSSR count). The van der Waals surface area contributed by atoms with Crippen molar-refractivity contribution in [3.05, 3.63) is 72.3 Å². The monoisotopic (exact) mass is 431 g/mol. The Bertz CT molecular complexity index is 1200. The van der Waals surface area contributed by atoms with Crippen LogP contribution in [-0.4, -0.2) is 39.7 Å². The minimum atomic E-state index is -0.317. The second-order valence-corrected chi connectivity index (χ2v) is 7.41. The van der Waals surface area contributed by atoms with Crippen LogP contribution in [0.15, 0.2) is 60.9 Å². The van der Waals surface area contributed by atoms with E-state index in [0.717, 1.165) is 28.3 Å². The van der Waals surface area contributed by atoms with Crippen molar-refractivity contribution in [3.8, 4) is 22.8 Å². The van der Waals surface area contributed by atoms with Gasteiger partial charge in [0.05, 0.1) is 26.0 Å². The van der Waals surface area contributed by atoms with Gasteiger partial charge in [-0.3, -0.25) is 4.79 Å². The summed E-state index contributed by atoms with van der Waals surface area (Å²) in [5.41, 5.74) is 3.49. The molecule has 2 aromatic heterocycles. The number of aryl methyl sites for hydroxylation is 1. The minimum Gasteiger partial charge on any atom is -0.497 e. The summed E-state index contributed by atoms with van der Waals surface area (Å²) < 4.78 is 12.0. The SMILES string of the molecule is COc1ccc(CCC(=O)N[C@@H](C)c2nc3cc(-c4ccc(OC)cc4)ncn3n2)cc1. The Hall–Kier alpha value is -3.94. The van der Waals surface area contributed by atoms with Crippen LogP contribution in [0.3, 0.4) is 0 Å². The first-order valence-corrected chi connectivity index (χ1v) is 10.3. The smallest absolute Gasteiger partial charge is 0.220 e. The average Bonchev–Trinajstić information content (AvgIpc) is 3.27. The summed E-state index contributed by atoms with van der Waals surface area (Å²) in [5.74, 6) is 2.08. The zero-order chi connectivity index (χ0) is 22.5. The second kappa shape index (κ2) is 9.47. The van der Waals surface area contributed by atoms with Crippen molar-refractivity contribution in [2.45, 2.75) is 25.8 Å². The molecule has 8 heteroatoms. The summed E-state index contributed by atoms with van der Waals surface area (Å²) in [6.45, 7) is 1.87. The molecule has 32 heavy (non-hydrogen) atoms. The molecule has 1 N–H and O–H groups in total. The molecule has 1 amide bonds. The van der Waals surface area contributed by atoms with E-state index >= 15 is 0 Å². The van der Waals surface area contributed by atoms with E-state index in [9.17, 15) is 4.79 Å². The maximum atomic E-state index is 12.4. The van der Waals surface area contributed by atoms with Crippen LogP contribution in [0.4, 0.5) is 0 Å². The van der Waals surface area contributed by atoms with Crippen molar-refractivity contribution >= 4 is 11.6 Å². The van der Waals surface area contributed by atoms with Crippen molar-refractivity contribution in [3.63, 3.8) is 0 Å². The minimum absolute atomic E-state index is 0.0516. The van der Waals surface area contributed by atoms with E-state index in [-0.39, 0.29) is 11.9 Å². The summed E-state index contributed by atoms with van der Waals surface area (Å²) in [6, 6.07) is 16.9. The highest BCUT2D eigenvalue weighted by Crippen LogP contribution is 2.22. The Morgan fingerprint density at radius 3 is 2.34 bits per heavy atom. The number of hydrogen-bond donors (Lipinski definition) is 1. The van der Waals surface area contributed by atoms with E-state index in [2.05, 4.69) is 20.4 Å². The molecular formula is C24H25N5O3. The highest BCUT2D eigenvalue weighted by Gasteiger charge is 2.15. The van der Waals surface area contributed by atoms with E-state index in [1.165, 1.54) is 0 Å². The molecule has 0 aliphatic rings. The third-order valence-corrected chi connectivity index (χ3v) is 5.20. The molecule has 0 fully saturated rings. The summed E-state index contributed by atoms with van der Waals surface area (Å²) in [5, 5.41) is 7.43. The predicted molar refractivity (Wildman–Crippen MR) is 121 cm³/mol. The van der Waals surface area contributed by atoms with E-state index < -0.39 is 0 Å². The first-order chi connectivity index (χ1) is 15.6. The topological polar surface area (TPSA) is 90.6 Å². The average molecular weight is 431 g/mol. The number of aromatic nitrogens is 4. The first-order valence-electron chi connectivity index (χ1n) is 10.3. The van der Waals surface area contributed by atoms with Gasteiger partial charge in [-0.25, -0.2) is 14.5 Å². The van der Waals surface area contributed by atoms with Crippen LogP contribution in [0, 0.1) is 0 Å². The first kappa shape index (κ1) is 21.3. The van der Waals surface area contributed by atoms with Gasteiger partial charge >= 0.3 is 0 Å². The van der Waals surface area contributed by atoms with Crippen LogP contribution in [0.2, 0.25) is 0 Å². The molecule has 0 spiro atoms. The number of hydrogen-bond acceptors (Lipinski definition) is 6. The Morgan fingerprint density at radius 1 is 1.03 bits per heavy atom. The van der Waals surface area contributed by atoms with Gasteiger partial charge in [-0.15, -0.1) is 5.10 Å². The Kier molecular flexibility index (Phi) is 6.30. The lowest BCUT2D eigenvalue weighted by Crippen LogP contribution is -2.27. The summed E-state index contributed by atoms with van der Waals surface area (Å²) in [7, 11) is 3.27. The number of nitrogens with zero attached hydrogens (tertiary/aromatic N) is 4. The summed E-state index contributed by atoms with van der Waals surface area (Å²) in [6.07, 6.45) is 2.66. The number of carbonyl (C=O) groups is 1. The fraction of sp³-hybridized carbons (Fsp3) is 0.250. The number of methoxy groups -OCH3 is 2. The Balaban J connectivity index is 1.40. The molecular weight excluding hydrogens is 406 g/mol. The normalized spacial score (nSPS) is 11.8. The van der Waals surface area contributed by atoms with E-state index in [4.69, 9.17) is 9.47 Å². The van der Waals surface area contributed by atoms with Crippen LogP contribution in [0.1, 0.15) is 30.8 Å².